The van der Waals surface area contributed by atoms with Crippen LogP contribution in [-0.4, -0.2) is 43.3 Å². The number of nitrogens with zero attached hydrogens (tertiary/aromatic N) is 1. The quantitative estimate of drug-likeness (QED) is 0.929. The van der Waals surface area contributed by atoms with E-state index in [1.165, 1.54) is 5.56 Å². The van der Waals surface area contributed by atoms with E-state index in [-0.39, 0.29) is 5.60 Å². The number of ether oxygens (including phenoxy) is 1. The molecular weight excluding hydrogens is 284 g/mol. The van der Waals surface area contributed by atoms with Crippen molar-refractivity contribution in [3.8, 4) is 0 Å². The summed E-state index contributed by atoms with van der Waals surface area (Å²) in [5.41, 5.74) is 1.41. The van der Waals surface area contributed by atoms with Crippen LogP contribution in [0.2, 0.25) is 5.02 Å². The van der Waals surface area contributed by atoms with Crippen LogP contribution in [0.1, 0.15) is 31.2 Å². The molecule has 1 N–H and O–H groups in total. The highest BCUT2D eigenvalue weighted by molar-refractivity contribution is 6.30. The van der Waals surface area contributed by atoms with Gasteiger partial charge in [0, 0.05) is 24.2 Å². The lowest BCUT2D eigenvalue weighted by molar-refractivity contribution is -0.119. The lowest BCUT2D eigenvalue weighted by atomic mass is 9.82. The van der Waals surface area contributed by atoms with Gasteiger partial charge in [0.25, 0.3) is 0 Å². The fourth-order valence-electron chi connectivity index (χ4n) is 3.66. The number of hydrogen-bond acceptors (Lipinski definition) is 3. The van der Waals surface area contributed by atoms with E-state index < -0.39 is 0 Å². The molecule has 1 aromatic rings. The van der Waals surface area contributed by atoms with Crippen molar-refractivity contribution in [2.24, 2.45) is 0 Å². The standard InChI is InChI=1S/C17H25ClN2O/c1-20(13-14-3-2-4-15(18)11-14)16-5-10-21-17(12-16)6-8-19-9-7-17/h2-4,11,16,19H,5-10,12-13H2,1H3. The third-order valence-corrected chi connectivity index (χ3v) is 5.16. The lowest BCUT2D eigenvalue weighted by Crippen LogP contribution is -2.52. The lowest BCUT2D eigenvalue weighted by Gasteiger charge is -2.46. The maximum atomic E-state index is 6.17. The predicted molar refractivity (Wildman–Crippen MR) is 86.7 cm³/mol. The van der Waals surface area contributed by atoms with E-state index in [4.69, 9.17) is 16.3 Å². The molecule has 0 radical (unpaired) electrons. The Balaban J connectivity index is 1.62. The SMILES string of the molecule is CN(Cc1cccc(Cl)c1)C1CCOC2(CCNCC2)C1. The Morgan fingerprint density at radius 2 is 2.19 bits per heavy atom. The molecule has 1 spiro atoms. The average Bonchev–Trinajstić information content (AvgIpc) is 2.48. The minimum atomic E-state index is 0.122. The van der Waals surface area contributed by atoms with Gasteiger partial charge in [0.1, 0.15) is 0 Å². The summed E-state index contributed by atoms with van der Waals surface area (Å²) < 4.78 is 6.17. The van der Waals surface area contributed by atoms with Crippen molar-refractivity contribution < 1.29 is 4.74 Å². The highest BCUT2D eigenvalue weighted by Gasteiger charge is 2.39. The first-order chi connectivity index (χ1) is 10.2. The number of rotatable bonds is 3. The minimum Gasteiger partial charge on any atom is -0.375 e. The van der Waals surface area contributed by atoms with Gasteiger partial charge in [-0.3, -0.25) is 4.90 Å². The molecule has 0 aromatic heterocycles. The molecule has 0 bridgehead atoms. The van der Waals surface area contributed by atoms with Crippen LogP contribution >= 0.6 is 11.6 Å². The molecule has 3 rings (SSSR count). The molecule has 2 fully saturated rings. The number of benzene rings is 1. The van der Waals surface area contributed by atoms with Crippen LogP contribution < -0.4 is 5.32 Å². The van der Waals surface area contributed by atoms with E-state index in [9.17, 15) is 0 Å². The topological polar surface area (TPSA) is 24.5 Å². The molecule has 116 valence electrons. The van der Waals surface area contributed by atoms with Gasteiger partial charge in [-0.05, 0) is 63.5 Å². The molecule has 3 nitrogen and oxygen atoms in total. The molecule has 2 saturated heterocycles. The second kappa shape index (κ2) is 6.66. The molecule has 1 atom stereocenters. The van der Waals surface area contributed by atoms with Crippen molar-refractivity contribution >= 4 is 11.6 Å². The van der Waals surface area contributed by atoms with Crippen molar-refractivity contribution in [3.63, 3.8) is 0 Å². The van der Waals surface area contributed by atoms with Gasteiger partial charge in [0.15, 0.2) is 0 Å². The first kappa shape index (κ1) is 15.3. The first-order valence-electron chi connectivity index (χ1n) is 7.96. The summed E-state index contributed by atoms with van der Waals surface area (Å²) >= 11 is 6.09. The Morgan fingerprint density at radius 1 is 1.38 bits per heavy atom. The molecule has 0 amide bonds. The zero-order chi connectivity index (χ0) is 14.7. The van der Waals surface area contributed by atoms with Crippen LogP contribution in [0.15, 0.2) is 24.3 Å². The summed E-state index contributed by atoms with van der Waals surface area (Å²) in [7, 11) is 2.23. The highest BCUT2D eigenvalue weighted by atomic mass is 35.5. The van der Waals surface area contributed by atoms with Crippen molar-refractivity contribution in [2.75, 3.05) is 26.7 Å². The van der Waals surface area contributed by atoms with Gasteiger partial charge in [0.2, 0.25) is 0 Å². The molecule has 2 heterocycles. The maximum Gasteiger partial charge on any atom is 0.0721 e. The van der Waals surface area contributed by atoms with E-state index >= 15 is 0 Å². The van der Waals surface area contributed by atoms with Crippen molar-refractivity contribution in [1.82, 2.24) is 10.2 Å². The molecular formula is C17H25ClN2O. The summed E-state index contributed by atoms with van der Waals surface area (Å²) in [6.45, 7) is 4.03. The molecule has 21 heavy (non-hydrogen) atoms. The zero-order valence-electron chi connectivity index (χ0n) is 12.8. The summed E-state index contributed by atoms with van der Waals surface area (Å²) in [6.07, 6.45) is 4.58. The van der Waals surface area contributed by atoms with Gasteiger partial charge >= 0.3 is 0 Å². The Hall–Kier alpha value is -0.610. The van der Waals surface area contributed by atoms with Gasteiger partial charge in [-0.1, -0.05) is 23.7 Å². The van der Waals surface area contributed by atoms with Crippen LogP contribution in [0.4, 0.5) is 0 Å². The summed E-state index contributed by atoms with van der Waals surface area (Å²) in [5, 5.41) is 4.26. The zero-order valence-corrected chi connectivity index (χ0v) is 13.5. The first-order valence-corrected chi connectivity index (χ1v) is 8.34. The largest absolute Gasteiger partial charge is 0.375 e. The second-order valence-corrected chi connectivity index (χ2v) is 6.91. The van der Waals surface area contributed by atoms with Crippen molar-refractivity contribution in [1.29, 1.82) is 0 Å². The van der Waals surface area contributed by atoms with Crippen LogP contribution in [0, 0.1) is 0 Å². The molecule has 2 aliphatic rings. The van der Waals surface area contributed by atoms with Crippen molar-refractivity contribution in [3.05, 3.63) is 34.9 Å². The van der Waals surface area contributed by atoms with E-state index in [2.05, 4.69) is 29.4 Å². The van der Waals surface area contributed by atoms with Crippen LogP contribution in [0.25, 0.3) is 0 Å². The molecule has 4 heteroatoms. The second-order valence-electron chi connectivity index (χ2n) is 6.47. The molecule has 1 unspecified atom stereocenters. The van der Waals surface area contributed by atoms with E-state index in [1.54, 1.807) is 0 Å². The minimum absolute atomic E-state index is 0.122. The number of piperidine rings is 1. The number of nitrogens with one attached hydrogen (secondary N) is 1. The van der Waals surface area contributed by atoms with Crippen LogP contribution in [0.3, 0.4) is 0 Å². The smallest absolute Gasteiger partial charge is 0.0721 e. The Kier molecular flexibility index (Phi) is 4.85. The van der Waals surface area contributed by atoms with E-state index in [1.807, 2.05) is 12.1 Å². The summed E-state index contributed by atoms with van der Waals surface area (Å²) in [5.74, 6) is 0. The van der Waals surface area contributed by atoms with Gasteiger partial charge in [-0.15, -0.1) is 0 Å². The summed E-state index contributed by atoms with van der Waals surface area (Å²) in [4.78, 5) is 2.47. The third kappa shape index (κ3) is 3.78. The van der Waals surface area contributed by atoms with Gasteiger partial charge in [-0.25, -0.2) is 0 Å². The molecule has 0 saturated carbocycles. The van der Waals surface area contributed by atoms with Gasteiger partial charge in [0.05, 0.1) is 5.60 Å². The number of halogens is 1. The Labute approximate surface area is 132 Å². The van der Waals surface area contributed by atoms with Crippen LogP contribution in [-0.2, 0) is 11.3 Å². The number of hydrogen-bond donors (Lipinski definition) is 1. The Bertz CT molecular complexity index is 468. The third-order valence-electron chi connectivity index (χ3n) is 4.93. The van der Waals surface area contributed by atoms with Crippen molar-refractivity contribution in [2.45, 2.75) is 43.9 Å². The van der Waals surface area contributed by atoms with E-state index in [0.717, 1.165) is 56.9 Å². The molecule has 1 aromatic carbocycles. The normalized spacial score (nSPS) is 25.4. The fourth-order valence-corrected chi connectivity index (χ4v) is 3.87. The maximum absolute atomic E-state index is 6.17. The van der Waals surface area contributed by atoms with Gasteiger partial charge < -0.3 is 10.1 Å². The molecule has 0 aliphatic carbocycles. The Morgan fingerprint density at radius 3 is 2.95 bits per heavy atom. The average molecular weight is 309 g/mol. The predicted octanol–water partition coefficient (Wildman–Crippen LogP) is 3.07. The van der Waals surface area contributed by atoms with Gasteiger partial charge in [-0.2, -0.15) is 0 Å². The van der Waals surface area contributed by atoms with Crippen LogP contribution in [0.5, 0.6) is 0 Å². The molecule has 2 aliphatic heterocycles. The highest BCUT2D eigenvalue weighted by Crippen LogP contribution is 2.35. The summed E-state index contributed by atoms with van der Waals surface area (Å²) in [6, 6.07) is 8.79. The van der Waals surface area contributed by atoms with E-state index in [0.29, 0.717) is 6.04 Å². The fraction of sp³-hybridized carbons (Fsp3) is 0.647. The monoisotopic (exact) mass is 308 g/mol.